The first-order chi connectivity index (χ1) is 9.91. The molecule has 0 bridgehead atoms. The van der Waals surface area contributed by atoms with E-state index in [0.29, 0.717) is 3.79 Å². The number of nitrogens with zero attached hydrogens (tertiary/aromatic N) is 1. The predicted octanol–water partition coefficient (Wildman–Crippen LogP) is 0.679. The minimum Gasteiger partial charge on any atom is -0.465 e. The average Bonchev–Trinajstić information content (AvgIpc) is 2.89. The molecule has 118 valence electrons. The van der Waals surface area contributed by atoms with Gasteiger partial charge in [-0.1, -0.05) is 0 Å². The largest absolute Gasteiger partial charge is 0.465 e. The zero-order valence-corrected chi connectivity index (χ0v) is 14.3. The maximum atomic E-state index is 12.7. The third-order valence-electron chi connectivity index (χ3n) is 3.01. The fraction of sp³-hybridized carbons (Fsp3) is 0.545. The number of carbonyl (C=O) groups is 1. The Morgan fingerprint density at radius 1 is 1.67 bits per heavy atom. The third-order valence-corrected chi connectivity index (χ3v) is 7.20. The highest BCUT2D eigenvalue weighted by molar-refractivity contribution is 9.11. The lowest BCUT2D eigenvalue weighted by atomic mass is 10.3. The topological polar surface area (TPSA) is 93.1 Å². The van der Waals surface area contributed by atoms with Crippen molar-refractivity contribution in [1.29, 1.82) is 0 Å². The molecule has 0 radical (unpaired) electrons. The Morgan fingerprint density at radius 2 is 2.38 bits per heavy atom. The van der Waals surface area contributed by atoms with Crippen LogP contribution in [0.1, 0.15) is 9.67 Å². The maximum absolute atomic E-state index is 12.7. The Balaban J connectivity index is 2.39. The maximum Gasteiger partial charge on any atom is 0.348 e. The van der Waals surface area contributed by atoms with E-state index in [-0.39, 0.29) is 36.1 Å². The second-order valence-corrected chi connectivity index (χ2v) is 8.50. The van der Waals surface area contributed by atoms with E-state index in [1.807, 2.05) is 0 Å². The number of aliphatic hydroxyl groups excluding tert-OH is 1. The van der Waals surface area contributed by atoms with Crippen molar-refractivity contribution in [3.05, 3.63) is 14.7 Å². The molecule has 10 heteroatoms. The van der Waals surface area contributed by atoms with Crippen LogP contribution in [0.4, 0.5) is 0 Å². The van der Waals surface area contributed by atoms with Gasteiger partial charge in [0.1, 0.15) is 9.77 Å². The summed E-state index contributed by atoms with van der Waals surface area (Å²) in [5.41, 5.74) is 0. The van der Waals surface area contributed by atoms with Crippen molar-refractivity contribution in [2.24, 2.45) is 0 Å². The van der Waals surface area contributed by atoms with Crippen LogP contribution in [0, 0.1) is 0 Å². The van der Waals surface area contributed by atoms with Crippen molar-refractivity contribution in [3.63, 3.8) is 0 Å². The number of rotatable bonds is 4. The first kappa shape index (κ1) is 16.8. The number of thiophene rings is 1. The molecule has 1 aromatic rings. The number of sulfonamides is 1. The molecule has 2 rings (SSSR count). The van der Waals surface area contributed by atoms with Crippen LogP contribution in [-0.2, 0) is 19.5 Å². The van der Waals surface area contributed by atoms with E-state index < -0.39 is 22.0 Å². The second kappa shape index (κ2) is 6.71. The lowest BCUT2D eigenvalue weighted by Crippen LogP contribution is -2.50. The van der Waals surface area contributed by atoms with Gasteiger partial charge in [-0.15, -0.1) is 11.3 Å². The molecule has 1 aliphatic heterocycles. The van der Waals surface area contributed by atoms with Crippen LogP contribution >= 0.6 is 27.3 Å². The van der Waals surface area contributed by atoms with Crippen LogP contribution in [-0.4, -0.2) is 63.3 Å². The summed E-state index contributed by atoms with van der Waals surface area (Å²) in [5.74, 6) is -0.595. The molecule has 0 saturated carbocycles. The summed E-state index contributed by atoms with van der Waals surface area (Å²) in [5, 5.41) is 9.30. The zero-order valence-electron chi connectivity index (χ0n) is 11.1. The monoisotopic (exact) mass is 399 g/mol. The van der Waals surface area contributed by atoms with Gasteiger partial charge in [-0.3, -0.25) is 0 Å². The molecular weight excluding hydrogens is 386 g/mol. The van der Waals surface area contributed by atoms with E-state index in [9.17, 15) is 18.3 Å². The van der Waals surface area contributed by atoms with Crippen molar-refractivity contribution in [3.8, 4) is 0 Å². The first-order valence-electron chi connectivity index (χ1n) is 6.00. The number of carbonyl (C=O) groups excluding carboxylic acids is 1. The van der Waals surface area contributed by atoms with Gasteiger partial charge >= 0.3 is 5.97 Å². The Kier molecular flexibility index (Phi) is 5.38. The molecule has 1 N–H and O–H groups in total. The van der Waals surface area contributed by atoms with Crippen LogP contribution < -0.4 is 0 Å². The highest BCUT2D eigenvalue weighted by Gasteiger charge is 2.36. The van der Waals surface area contributed by atoms with E-state index in [1.165, 1.54) is 17.5 Å². The number of halogens is 1. The molecule has 1 atom stereocenters. The highest BCUT2D eigenvalue weighted by atomic mass is 79.9. The zero-order chi connectivity index (χ0) is 15.6. The molecule has 0 aromatic carbocycles. The number of morpholine rings is 1. The summed E-state index contributed by atoms with van der Waals surface area (Å²) >= 11 is 4.16. The molecule has 0 amide bonds. The minimum absolute atomic E-state index is 0.00625. The lowest BCUT2D eigenvalue weighted by molar-refractivity contribution is 0.0109. The van der Waals surface area contributed by atoms with E-state index in [1.54, 1.807) is 0 Å². The fourth-order valence-corrected chi connectivity index (χ4v) is 5.98. The van der Waals surface area contributed by atoms with Crippen LogP contribution in [0.3, 0.4) is 0 Å². The predicted molar refractivity (Wildman–Crippen MR) is 78.9 cm³/mol. The van der Waals surface area contributed by atoms with Gasteiger partial charge in [0.25, 0.3) is 0 Å². The minimum atomic E-state index is -3.83. The van der Waals surface area contributed by atoms with Crippen LogP contribution in [0.15, 0.2) is 14.7 Å². The van der Waals surface area contributed by atoms with Crippen molar-refractivity contribution in [1.82, 2.24) is 4.31 Å². The molecule has 1 unspecified atom stereocenters. The Labute approximate surface area is 134 Å². The van der Waals surface area contributed by atoms with Crippen LogP contribution in [0.2, 0.25) is 0 Å². The molecule has 2 heterocycles. The number of esters is 1. The highest BCUT2D eigenvalue weighted by Crippen LogP contribution is 2.34. The molecule has 1 fully saturated rings. The van der Waals surface area contributed by atoms with E-state index >= 15 is 0 Å². The molecule has 21 heavy (non-hydrogen) atoms. The number of ether oxygens (including phenoxy) is 2. The van der Waals surface area contributed by atoms with Gasteiger partial charge in [-0.05, 0) is 22.0 Å². The van der Waals surface area contributed by atoms with Crippen molar-refractivity contribution in [2.75, 3.05) is 33.5 Å². The van der Waals surface area contributed by atoms with Gasteiger partial charge in [0.05, 0.1) is 36.8 Å². The second-order valence-electron chi connectivity index (χ2n) is 4.27. The van der Waals surface area contributed by atoms with E-state index in [2.05, 4.69) is 20.7 Å². The Morgan fingerprint density at radius 3 is 3.00 bits per heavy atom. The summed E-state index contributed by atoms with van der Waals surface area (Å²) in [6, 6.07) is 0.650. The van der Waals surface area contributed by atoms with Gasteiger partial charge < -0.3 is 14.6 Å². The van der Waals surface area contributed by atoms with Crippen molar-refractivity contribution in [2.45, 2.75) is 10.9 Å². The molecular formula is C11H14BrNO6S2. The number of hydrogen-bond donors (Lipinski definition) is 1. The van der Waals surface area contributed by atoms with Crippen LogP contribution in [0.25, 0.3) is 0 Å². The summed E-state index contributed by atoms with van der Waals surface area (Å²) < 4.78 is 36.7. The molecule has 1 aromatic heterocycles. The summed E-state index contributed by atoms with van der Waals surface area (Å²) in [4.78, 5) is 11.7. The van der Waals surface area contributed by atoms with Crippen molar-refractivity contribution < 1.29 is 27.8 Å². The average molecular weight is 400 g/mol. The SMILES string of the molecule is COC(=O)c1cc(S(=O)(=O)N2CCOCC2CO)c(Br)s1. The number of aliphatic hydroxyl groups is 1. The van der Waals surface area contributed by atoms with Gasteiger partial charge in [0.2, 0.25) is 10.0 Å². The molecule has 0 aliphatic carbocycles. The Hall–Kier alpha value is -0.520. The number of methoxy groups -OCH3 is 1. The van der Waals surface area contributed by atoms with E-state index in [4.69, 9.17) is 4.74 Å². The molecule has 0 spiro atoms. The van der Waals surface area contributed by atoms with Crippen LogP contribution in [0.5, 0.6) is 0 Å². The normalized spacial score (nSPS) is 20.4. The standard InChI is InChI=1S/C11H14BrNO6S2/c1-18-11(15)8-4-9(10(12)20-8)21(16,17)13-2-3-19-6-7(13)5-14/h4,7,14H,2-3,5-6H2,1H3. The van der Waals surface area contributed by atoms with Gasteiger partial charge in [-0.25, -0.2) is 13.2 Å². The number of hydrogen-bond acceptors (Lipinski definition) is 7. The molecule has 1 saturated heterocycles. The van der Waals surface area contributed by atoms with Gasteiger partial charge in [0, 0.05) is 6.54 Å². The molecule has 1 aliphatic rings. The smallest absolute Gasteiger partial charge is 0.348 e. The fourth-order valence-electron chi connectivity index (χ4n) is 1.96. The summed E-state index contributed by atoms with van der Waals surface area (Å²) in [6.45, 7) is 0.233. The van der Waals surface area contributed by atoms with Crippen molar-refractivity contribution >= 4 is 43.3 Å². The van der Waals surface area contributed by atoms with E-state index in [0.717, 1.165) is 11.3 Å². The first-order valence-corrected chi connectivity index (χ1v) is 9.05. The molecule has 7 nitrogen and oxygen atoms in total. The quantitative estimate of drug-likeness (QED) is 0.748. The lowest BCUT2D eigenvalue weighted by Gasteiger charge is -2.33. The summed E-state index contributed by atoms with van der Waals surface area (Å²) in [7, 11) is -2.60. The third kappa shape index (κ3) is 3.30. The summed E-state index contributed by atoms with van der Waals surface area (Å²) in [6.07, 6.45) is 0. The van der Waals surface area contributed by atoms with Gasteiger partial charge in [-0.2, -0.15) is 4.31 Å². The van der Waals surface area contributed by atoms with Gasteiger partial charge in [0.15, 0.2) is 0 Å². The Bertz CT molecular complexity index is 629.